The number of hydrogen-bond acceptors (Lipinski definition) is 5. The van der Waals surface area contributed by atoms with Crippen molar-refractivity contribution in [2.75, 3.05) is 5.32 Å². The number of nitrogens with one attached hydrogen (secondary N) is 3. The SMILES string of the molecule is Cn1c(Cl)c2c(c1C(=O)Nc1ccc(F)c(Cl)c1)CCC2NC(=O)OCc1cn[nH]n1. The Bertz CT molecular complexity index is 1150. The van der Waals surface area contributed by atoms with Crippen LogP contribution in [0, 0.1) is 5.82 Å². The van der Waals surface area contributed by atoms with E-state index >= 15 is 0 Å². The summed E-state index contributed by atoms with van der Waals surface area (Å²) < 4.78 is 20.1. The molecule has 0 aliphatic heterocycles. The number of H-pyrrole nitrogens is 1. The van der Waals surface area contributed by atoms with Crippen molar-refractivity contribution in [2.24, 2.45) is 7.05 Å². The summed E-state index contributed by atoms with van der Waals surface area (Å²) in [5, 5.41) is 15.6. The fourth-order valence-corrected chi connectivity index (χ4v) is 4.10. The minimum Gasteiger partial charge on any atom is -0.443 e. The van der Waals surface area contributed by atoms with Gasteiger partial charge in [-0.1, -0.05) is 23.2 Å². The first-order valence-electron chi connectivity index (χ1n) is 9.26. The van der Waals surface area contributed by atoms with Crippen molar-refractivity contribution in [1.29, 1.82) is 0 Å². The maximum Gasteiger partial charge on any atom is 0.408 e. The number of aromatic nitrogens is 4. The van der Waals surface area contributed by atoms with Gasteiger partial charge >= 0.3 is 6.09 Å². The number of benzene rings is 1. The molecule has 1 aromatic carbocycles. The molecule has 3 aromatic rings. The molecule has 2 aromatic heterocycles. The number of rotatable bonds is 5. The van der Waals surface area contributed by atoms with E-state index in [9.17, 15) is 14.0 Å². The molecule has 0 radical (unpaired) electrons. The number of carbonyl (C=O) groups is 2. The third-order valence-electron chi connectivity index (χ3n) is 5.00. The van der Waals surface area contributed by atoms with Gasteiger partial charge in [0.1, 0.15) is 29.0 Å². The van der Waals surface area contributed by atoms with Crippen LogP contribution in [0.4, 0.5) is 14.9 Å². The van der Waals surface area contributed by atoms with E-state index in [1.807, 2.05) is 0 Å². The highest BCUT2D eigenvalue weighted by atomic mass is 35.5. The van der Waals surface area contributed by atoms with Gasteiger partial charge < -0.3 is 19.9 Å². The van der Waals surface area contributed by atoms with Gasteiger partial charge in [0, 0.05) is 18.3 Å². The van der Waals surface area contributed by atoms with E-state index in [4.69, 9.17) is 27.9 Å². The van der Waals surface area contributed by atoms with Crippen LogP contribution in [-0.2, 0) is 24.8 Å². The molecule has 162 valence electrons. The molecule has 0 fully saturated rings. The molecule has 2 amide bonds. The Morgan fingerprint density at radius 3 is 2.90 bits per heavy atom. The second-order valence-corrected chi connectivity index (χ2v) is 7.71. The quantitative estimate of drug-likeness (QED) is 0.529. The zero-order valence-corrected chi connectivity index (χ0v) is 17.7. The number of anilines is 1. The third-order valence-corrected chi connectivity index (χ3v) is 5.74. The molecule has 1 aliphatic rings. The summed E-state index contributed by atoms with van der Waals surface area (Å²) >= 11 is 12.3. The monoisotopic (exact) mass is 466 g/mol. The van der Waals surface area contributed by atoms with E-state index in [1.165, 1.54) is 24.4 Å². The molecule has 31 heavy (non-hydrogen) atoms. The molecular weight excluding hydrogens is 450 g/mol. The Hall–Kier alpha value is -3.11. The molecule has 1 aliphatic carbocycles. The van der Waals surface area contributed by atoms with Crippen LogP contribution in [0.1, 0.15) is 39.8 Å². The highest BCUT2D eigenvalue weighted by Crippen LogP contribution is 2.40. The Morgan fingerprint density at radius 2 is 2.19 bits per heavy atom. The molecule has 2 heterocycles. The van der Waals surface area contributed by atoms with Gasteiger partial charge in [-0.2, -0.15) is 15.4 Å². The fourth-order valence-electron chi connectivity index (χ4n) is 3.59. The van der Waals surface area contributed by atoms with Crippen molar-refractivity contribution in [2.45, 2.75) is 25.5 Å². The van der Waals surface area contributed by atoms with Crippen molar-refractivity contribution in [3.63, 3.8) is 0 Å². The molecule has 0 saturated carbocycles. The van der Waals surface area contributed by atoms with Crippen LogP contribution >= 0.6 is 23.2 Å². The second-order valence-electron chi connectivity index (χ2n) is 6.95. The predicted molar refractivity (Wildman–Crippen MR) is 111 cm³/mol. The molecule has 1 atom stereocenters. The lowest BCUT2D eigenvalue weighted by Crippen LogP contribution is -2.28. The maximum absolute atomic E-state index is 13.4. The summed E-state index contributed by atoms with van der Waals surface area (Å²) in [7, 11) is 1.66. The van der Waals surface area contributed by atoms with E-state index < -0.39 is 23.9 Å². The van der Waals surface area contributed by atoms with E-state index in [-0.39, 0.29) is 11.6 Å². The van der Waals surface area contributed by atoms with Gasteiger partial charge in [0.05, 0.1) is 17.3 Å². The zero-order chi connectivity index (χ0) is 22.1. The summed E-state index contributed by atoms with van der Waals surface area (Å²) in [4.78, 5) is 25.1. The number of carbonyl (C=O) groups excluding carboxylic acids is 2. The molecule has 0 saturated heterocycles. The Morgan fingerprint density at radius 1 is 1.39 bits per heavy atom. The lowest BCUT2D eigenvalue weighted by atomic mass is 10.1. The molecule has 3 N–H and O–H groups in total. The number of halogens is 3. The summed E-state index contributed by atoms with van der Waals surface area (Å²) in [6.45, 7) is -0.0294. The molecule has 9 nitrogen and oxygen atoms in total. The standard InChI is InChI=1S/C19H17Cl2FN6O3/c1-28-16(18(29)24-9-2-4-13(22)12(20)6-9)11-3-5-14(15(11)17(28)21)25-19(30)31-8-10-7-23-27-26-10/h2,4,6-7,14H,3,5,8H2,1H3,(H,24,29)(H,25,30)(H,23,26,27). The van der Waals surface area contributed by atoms with Crippen molar-refractivity contribution in [3.05, 3.63) is 62.9 Å². The second kappa shape index (κ2) is 8.56. The van der Waals surface area contributed by atoms with Crippen molar-refractivity contribution >= 4 is 40.9 Å². The lowest BCUT2D eigenvalue weighted by Gasteiger charge is -2.14. The average molecular weight is 467 g/mol. The first kappa shape index (κ1) is 21.1. The Balaban J connectivity index is 1.49. The van der Waals surface area contributed by atoms with Gasteiger partial charge in [-0.15, -0.1) is 0 Å². The summed E-state index contributed by atoms with van der Waals surface area (Å²) in [6, 6.07) is 3.51. The third kappa shape index (κ3) is 4.21. The average Bonchev–Trinajstić information content (AvgIpc) is 3.44. The normalized spacial score (nSPS) is 14.9. The van der Waals surface area contributed by atoms with Gasteiger partial charge in [0.2, 0.25) is 0 Å². The molecule has 0 bridgehead atoms. The topological polar surface area (TPSA) is 114 Å². The minimum atomic E-state index is -0.632. The molecular formula is C19H17Cl2FN6O3. The van der Waals surface area contributed by atoms with E-state index in [0.29, 0.717) is 40.6 Å². The Labute approximate surface area is 185 Å². The largest absolute Gasteiger partial charge is 0.443 e. The van der Waals surface area contributed by atoms with Gasteiger partial charge in [-0.25, -0.2) is 9.18 Å². The van der Waals surface area contributed by atoms with Gasteiger partial charge in [-0.05, 0) is 36.6 Å². The first-order valence-corrected chi connectivity index (χ1v) is 10.0. The van der Waals surface area contributed by atoms with Gasteiger partial charge in [0.25, 0.3) is 5.91 Å². The van der Waals surface area contributed by atoms with Crippen LogP contribution in [0.25, 0.3) is 0 Å². The molecule has 1 unspecified atom stereocenters. The first-order chi connectivity index (χ1) is 14.8. The smallest absolute Gasteiger partial charge is 0.408 e. The van der Waals surface area contributed by atoms with Crippen molar-refractivity contribution < 1.29 is 18.7 Å². The van der Waals surface area contributed by atoms with Crippen LogP contribution in [0.3, 0.4) is 0 Å². The fraction of sp³-hybridized carbons (Fsp3) is 0.263. The van der Waals surface area contributed by atoms with Crippen molar-refractivity contribution in [3.8, 4) is 0 Å². The van der Waals surface area contributed by atoms with Crippen LogP contribution < -0.4 is 10.6 Å². The number of alkyl carbamates (subject to hydrolysis) is 1. The van der Waals surface area contributed by atoms with Crippen LogP contribution in [0.2, 0.25) is 10.2 Å². The van der Waals surface area contributed by atoms with E-state index in [2.05, 4.69) is 26.0 Å². The van der Waals surface area contributed by atoms with Crippen LogP contribution in [0.5, 0.6) is 0 Å². The molecule has 0 spiro atoms. The highest BCUT2D eigenvalue weighted by Gasteiger charge is 2.35. The maximum atomic E-state index is 13.4. The predicted octanol–water partition coefficient (Wildman–Crippen LogP) is 3.76. The van der Waals surface area contributed by atoms with Crippen LogP contribution in [0.15, 0.2) is 24.4 Å². The van der Waals surface area contributed by atoms with E-state index in [1.54, 1.807) is 11.6 Å². The number of amides is 2. The van der Waals surface area contributed by atoms with Gasteiger partial charge in [0.15, 0.2) is 0 Å². The molecule has 12 heteroatoms. The number of hydrogen-bond donors (Lipinski definition) is 3. The number of fused-ring (bicyclic) bond motifs is 1. The van der Waals surface area contributed by atoms with Crippen molar-refractivity contribution in [1.82, 2.24) is 25.3 Å². The highest BCUT2D eigenvalue weighted by molar-refractivity contribution is 6.31. The summed E-state index contributed by atoms with van der Waals surface area (Å²) in [5.41, 5.74) is 2.61. The zero-order valence-electron chi connectivity index (χ0n) is 16.2. The summed E-state index contributed by atoms with van der Waals surface area (Å²) in [6.07, 6.45) is 1.92. The minimum absolute atomic E-state index is 0.0294. The number of nitrogens with zero attached hydrogens (tertiary/aromatic N) is 3. The number of aromatic amines is 1. The van der Waals surface area contributed by atoms with E-state index in [0.717, 1.165) is 5.56 Å². The molecule has 4 rings (SSSR count). The Kier molecular flexibility index (Phi) is 5.84. The summed E-state index contributed by atoms with van der Waals surface area (Å²) in [5.74, 6) is -0.991. The van der Waals surface area contributed by atoms with Gasteiger partial charge in [-0.3, -0.25) is 4.79 Å². The van der Waals surface area contributed by atoms with Crippen LogP contribution in [-0.4, -0.2) is 32.0 Å². The number of ether oxygens (including phenoxy) is 1. The lowest BCUT2D eigenvalue weighted by molar-refractivity contribution is 0.101.